The molecule has 0 nitrogen and oxygen atoms in total. The van der Waals surface area contributed by atoms with Gasteiger partial charge in [0.1, 0.15) is 0 Å². The van der Waals surface area contributed by atoms with Crippen LogP contribution in [0.1, 0.15) is 13.8 Å². The van der Waals surface area contributed by atoms with Crippen LogP contribution in [-0.4, -0.2) is 0 Å². The molecule has 0 aliphatic carbocycles. The third-order valence-electron chi connectivity index (χ3n) is 0.250. The molecule has 0 atom stereocenters. The average molecular weight is 127 g/mol. The van der Waals surface area contributed by atoms with Gasteiger partial charge in [-0.1, -0.05) is 0 Å². The quantitative estimate of drug-likeness (QED) is 0.435. The Kier molecular flexibility index (Phi) is 52.7. The normalized spacial score (nSPS) is 2.33. The highest BCUT2D eigenvalue weighted by atomic mass is 35.5. The van der Waals surface area contributed by atoms with E-state index in [4.69, 9.17) is 0 Å². The van der Waals surface area contributed by atoms with Gasteiger partial charge >= 0.3 is 0 Å². The molecule has 0 radical (unpaired) electrons. The van der Waals surface area contributed by atoms with Gasteiger partial charge in [-0.05, 0) is 13.8 Å². The van der Waals surface area contributed by atoms with E-state index < -0.39 is 0 Å². The van der Waals surface area contributed by atoms with Crippen LogP contribution in [0.4, 0.5) is 0 Å². The van der Waals surface area contributed by atoms with E-state index in [9.17, 15) is 0 Å². The second kappa shape index (κ2) is 19.2. The molecule has 6 heavy (non-hydrogen) atoms. The van der Waals surface area contributed by atoms with Crippen molar-refractivity contribution in [2.45, 2.75) is 13.8 Å². The summed E-state index contributed by atoms with van der Waals surface area (Å²) in [6, 6.07) is 0. The van der Waals surface area contributed by atoms with Crippen LogP contribution in [0.15, 0.2) is 0 Å². The number of hydrogen-bond acceptors (Lipinski definition) is 0. The van der Waals surface area contributed by atoms with Gasteiger partial charge in [0, 0.05) is 0 Å². The van der Waals surface area contributed by atoms with Crippen LogP contribution in [-0.2, 0) is 0 Å². The van der Waals surface area contributed by atoms with E-state index in [1.165, 1.54) is 0 Å². The molecule has 0 spiro atoms. The van der Waals surface area contributed by atoms with E-state index in [0.29, 0.717) is 0 Å². The van der Waals surface area contributed by atoms with Gasteiger partial charge in [0.15, 0.2) is 0 Å². The topological polar surface area (TPSA) is 0 Å². The molecule has 0 aliphatic heterocycles. The van der Waals surface area contributed by atoms with E-state index in [2.05, 4.69) is 11.8 Å². The van der Waals surface area contributed by atoms with Gasteiger partial charge in [-0.2, -0.15) is 0 Å². The monoisotopic (exact) mass is 126 g/mol. The summed E-state index contributed by atoms with van der Waals surface area (Å²) in [5.41, 5.74) is 0. The van der Waals surface area contributed by atoms with Gasteiger partial charge in [-0.15, -0.1) is 36.7 Å². The Morgan fingerprint density at radius 1 is 0.833 bits per heavy atom. The van der Waals surface area contributed by atoms with Crippen LogP contribution < -0.4 is 0 Å². The summed E-state index contributed by atoms with van der Waals surface area (Å²) in [6.45, 7) is 3.64. The molecule has 2 heteroatoms. The number of halogens is 2. The average Bonchev–Trinajstić information content (AvgIpc) is 1.37. The lowest BCUT2D eigenvalue weighted by atomic mass is 10.7. The molecular weight excluding hydrogens is 119 g/mol. The maximum atomic E-state index is 2.68. The van der Waals surface area contributed by atoms with Crippen LogP contribution in [0.2, 0.25) is 0 Å². The maximum absolute atomic E-state index is 2.68. The van der Waals surface area contributed by atoms with Gasteiger partial charge in [0.2, 0.25) is 0 Å². The predicted octanol–water partition coefficient (Wildman–Crippen LogP) is 1.87. The molecule has 0 unspecified atom stereocenters. The molecule has 38 valence electrons. The molecule has 0 fully saturated rings. The predicted molar refractivity (Wildman–Crippen MR) is 33.6 cm³/mol. The molecule has 0 amide bonds. The summed E-state index contributed by atoms with van der Waals surface area (Å²) in [5, 5.41) is 0. The van der Waals surface area contributed by atoms with Crippen LogP contribution in [0.25, 0.3) is 0 Å². The molecule has 0 bridgehead atoms. The Bertz CT molecular complexity index is 42.3. The highest BCUT2D eigenvalue weighted by molar-refractivity contribution is 5.85. The van der Waals surface area contributed by atoms with Crippen molar-refractivity contribution in [3.8, 4) is 11.8 Å². The summed E-state index contributed by atoms with van der Waals surface area (Å²) in [4.78, 5) is 0. The highest BCUT2D eigenvalue weighted by Gasteiger charge is 1.26. The first kappa shape index (κ1) is 16.5. The molecule has 0 saturated carbocycles. The van der Waals surface area contributed by atoms with E-state index in [1.807, 2.05) is 13.8 Å². The smallest absolute Gasteiger partial charge is 0.00271 e. The summed E-state index contributed by atoms with van der Waals surface area (Å²) >= 11 is 0. The van der Waals surface area contributed by atoms with Gasteiger partial charge < -0.3 is 0 Å². The van der Waals surface area contributed by atoms with Crippen molar-refractivity contribution >= 4 is 24.8 Å². The SMILES string of the molecule is CC#CC.Cl.Cl. The van der Waals surface area contributed by atoms with Gasteiger partial charge in [0.25, 0.3) is 0 Å². The molecule has 0 aliphatic rings. The lowest BCUT2D eigenvalue weighted by Gasteiger charge is -1.40. The van der Waals surface area contributed by atoms with E-state index >= 15 is 0 Å². The Morgan fingerprint density at radius 2 is 1.00 bits per heavy atom. The van der Waals surface area contributed by atoms with Crippen molar-refractivity contribution in [1.82, 2.24) is 0 Å². The fraction of sp³-hybridized carbons (Fsp3) is 0.500. The second-order valence-electron chi connectivity index (χ2n) is 0.500. The zero-order valence-corrected chi connectivity index (χ0v) is 5.45. The third kappa shape index (κ3) is 31.4. The van der Waals surface area contributed by atoms with Crippen molar-refractivity contribution in [2.75, 3.05) is 0 Å². The minimum atomic E-state index is 0. The number of hydrogen-bond donors (Lipinski definition) is 0. The number of rotatable bonds is 0. The Hall–Kier alpha value is 0.140. The van der Waals surface area contributed by atoms with E-state index in [-0.39, 0.29) is 24.8 Å². The van der Waals surface area contributed by atoms with Crippen molar-refractivity contribution in [1.29, 1.82) is 0 Å². The van der Waals surface area contributed by atoms with Gasteiger partial charge in [-0.3, -0.25) is 0 Å². The van der Waals surface area contributed by atoms with Crippen molar-refractivity contribution in [3.63, 3.8) is 0 Å². The second-order valence-corrected chi connectivity index (χ2v) is 0.500. The molecule has 0 saturated heterocycles. The van der Waals surface area contributed by atoms with Crippen LogP contribution in [0.5, 0.6) is 0 Å². The zero-order chi connectivity index (χ0) is 3.41. The van der Waals surface area contributed by atoms with Crippen molar-refractivity contribution < 1.29 is 0 Å². The van der Waals surface area contributed by atoms with E-state index in [0.717, 1.165) is 0 Å². The summed E-state index contributed by atoms with van der Waals surface area (Å²) in [7, 11) is 0. The zero-order valence-electron chi connectivity index (χ0n) is 3.82. The van der Waals surface area contributed by atoms with E-state index in [1.54, 1.807) is 0 Å². The molecule has 0 aromatic rings. The molecule has 0 heterocycles. The minimum Gasteiger partial charge on any atom is -0.147 e. The highest BCUT2D eigenvalue weighted by Crippen LogP contribution is 1.39. The first-order valence-electron chi connectivity index (χ1n) is 1.25. The Labute approximate surface area is 51.1 Å². The molecular formula is C4H8Cl2. The standard InChI is InChI=1S/C4H6.2ClH/c1-3-4-2;;/h1-2H3;2*1H. The molecule has 0 N–H and O–H groups in total. The fourth-order valence-corrected chi connectivity index (χ4v) is 0. The third-order valence-corrected chi connectivity index (χ3v) is 0.250. The van der Waals surface area contributed by atoms with Crippen LogP contribution in [0.3, 0.4) is 0 Å². The van der Waals surface area contributed by atoms with Gasteiger partial charge in [-0.25, -0.2) is 0 Å². The molecule has 0 aromatic carbocycles. The first-order chi connectivity index (χ1) is 1.91. The largest absolute Gasteiger partial charge is 0.147 e. The van der Waals surface area contributed by atoms with Crippen molar-refractivity contribution in [2.24, 2.45) is 0 Å². The van der Waals surface area contributed by atoms with Crippen LogP contribution >= 0.6 is 24.8 Å². The first-order valence-corrected chi connectivity index (χ1v) is 1.25. The summed E-state index contributed by atoms with van der Waals surface area (Å²) < 4.78 is 0. The summed E-state index contributed by atoms with van der Waals surface area (Å²) in [5.74, 6) is 5.36. The molecule has 0 aromatic heterocycles. The fourth-order valence-electron chi connectivity index (χ4n) is 0. The minimum absolute atomic E-state index is 0. The summed E-state index contributed by atoms with van der Waals surface area (Å²) in [6.07, 6.45) is 0. The van der Waals surface area contributed by atoms with Crippen molar-refractivity contribution in [3.05, 3.63) is 0 Å². The molecule has 0 rings (SSSR count). The Morgan fingerprint density at radius 3 is 1.00 bits per heavy atom. The lowest BCUT2D eigenvalue weighted by Crippen LogP contribution is -1.28. The van der Waals surface area contributed by atoms with Crippen LogP contribution in [0, 0.1) is 11.8 Å². The Balaban J connectivity index is -0.0000000450. The van der Waals surface area contributed by atoms with Gasteiger partial charge in [0.05, 0.1) is 0 Å². The lowest BCUT2D eigenvalue weighted by molar-refractivity contribution is 1.83. The maximum Gasteiger partial charge on any atom is -0.00271 e.